The van der Waals surface area contributed by atoms with Crippen LogP contribution in [0.3, 0.4) is 0 Å². The van der Waals surface area contributed by atoms with Crippen molar-refractivity contribution in [1.29, 1.82) is 0 Å². The zero-order valence-corrected chi connectivity index (χ0v) is 10.4. The van der Waals surface area contributed by atoms with Gasteiger partial charge >= 0.3 is 5.97 Å². The Hall–Kier alpha value is -1.55. The van der Waals surface area contributed by atoms with Crippen molar-refractivity contribution >= 4 is 5.97 Å². The minimum atomic E-state index is -0.905. The second-order valence-corrected chi connectivity index (χ2v) is 4.68. The van der Waals surface area contributed by atoms with Crippen LogP contribution in [0.1, 0.15) is 32.8 Å². The van der Waals surface area contributed by atoms with Gasteiger partial charge in [0, 0.05) is 5.54 Å². The largest absolute Gasteiger partial charge is 0.491 e. The van der Waals surface area contributed by atoms with E-state index in [9.17, 15) is 4.79 Å². The Balaban J connectivity index is 2.82. The summed E-state index contributed by atoms with van der Waals surface area (Å²) >= 11 is 0. The number of carboxylic acids is 1. The molecule has 94 valence electrons. The van der Waals surface area contributed by atoms with E-state index in [4.69, 9.17) is 15.6 Å². The maximum Gasteiger partial charge on any atom is 0.305 e. The molecule has 1 aromatic carbocycles. The predicted molar refractivity (Wildman–Crippen MR) is 66.0 cm³/mol. The third kappa shape index (κ3) is 4.07. The van der Waals surface area contributed by atoms with Gasteiger partial charge in [0.25, 0.3) is 0 Å². The van der Waals surface area contributed by atoms with E-state index in [-0.39, 0.29) is 12.5 Å². The van der Waals surface area contributed by atoms with Crippen LogP contribution in [0.4, 0.5) is 0 Å². The van der Waals surface area contributed by atoms with Crippen LogP contribution in [0, 0.1) is 0 Å². The van der Waals surface area contributed by atoms with Crippen LogP contribution in [0.15, 0.2) is 24.3 Å². The zero-order valence-electron chi connectivity index (χ0n) is 10.4. The summed E-state index contributed by atoms with van der Waals surface area (Å²) in [6.07, 6.45) is 0.0151. The molecular formula is C13H19NO3. The van der Waals surface area contributed by atoms with E-state index >= 15 is 0 Å². The summed E-state index contributed by atoms with van der Waals surface area (Å²) in [6.45, 7) is 5.61. The number of carboxylic acid groups (broad SMARTS) is 1. The summed E-state index contributed by atoms with van der Waals surface area (Å²) < 4.78 is 5.51. The summed E-state index contributed by atoms with van der Waals surface area (Å²) in [5.74, 6) is -0.146. The summed E-state index contributed by atoms with van der Waals surface area (Å²) in [4.78, 5) is 10.7. The van der Waals surface area contributed by atoms with Crippen molar-refractivity contribution in [3.8, 4) is 5.75 Å². The number of hydrogen-bond donors (Lipinski definition) is 2. The quantitative estimate of drug-likeness (QED) is 0.822. The smallest absolute Gasteiger partial charge is 0.305 e. The standard InChI is InChI=1S/C13H19NO3/c1-9(2)17-11-6-4-10(5-7-11)13(3,14)8-12(15)16/h4-7,9H,8,14H2,1-3H3,(H,15,16). The molecule has 1 aromatic rings. The van der Waals surface area contributed by atoms with Crippen LogP contribution in [0.2, 0.25) is 0 Å². The van der Waals surface area contributed by atoms with Crippen molar-refractivity contribution in [1.82, 2.24) is 0 Å². The lowest BCUT2D eigenvalue weighted by molar-refractivity contribution is -0.138. The highest BCUT2D eigenvalue weighted by molar-refractivity contribution is 5.68. The molecule has 0 aliphatic rings. The highest BCUT2D eigenvalue weighted by Gasteiger charge is 2.24. The molecule has 3 N–H and O–H groups in total. The van der Waals surface area contributed by atoms with Crippen molar-refractivity contribution in [3.05, 3.63) is 29.8 Å². The van der Waals surface area contributed by atoms with E-state index in [1.54, 1.807) is 19.1 Å². The minimum absolute atomic E-state index is 0.0998. The van der Waals surface area contributed by atoms with Gasteiger partial charge in [-0.1, -0.05) is 12.1 Å². The van der Waals surface area contributed by atoms with Gasteiger partial charge in [-0.05, 0) is 38.5 Å². The van der Waals surface area contributed by atoms with E-state index in [1.807, 2.05) is 26.0 Å². The van der Waals surface area contributed by atoms with Gasteiger partial charge in [0.2, 0.25) is 0 Å². The molecule has 0 fully saturated rings. The van der Waals surface area contributed by atoms with Gasteiger partial charge in [-0.25, -0.2) is 0 Å². The lowest BCUT2D eigenvalue weighted by Gasteiger charge is -2.23. The number of aliphatic carboxylic acids is 1. The lowest BCUT2D eigenvalue weighted by Crippen LogP contribution is -2.35. The summed E-state index contributed by atoms with van der Waals surface area (Å²) in [7, 11) is 0. The molecular weight excluding hydrogens is 218 g/mol. The monoisotopic (exact) mass is 237 g/mol. The third-order valence-electron chi connectivity index (χ3n) is 2.40. The summed E-state index contributed by atoms with van der Waals surface area (Å²) in [6, 6.07) is 7.23. The first kappa shape index (κ1) is 13.5. The number of ether oxygens (including phenoxy) is 1. The van der Waals surface area contributed by atoms with Crippen molar-refractivity contribution in [3.63, 3.8) is 0 Å². The molecule has 0 saturated heterocycles. The fourth-order valence-corrected chi connectivity index (χ4v) is 1.60. The average molecular weight is 237 g/mol. The van der Waals surface area contributed by atoms with Crippen LogP contribution in [-0.4, -0.2) is 17.2 Å². The molecule has 4 heteroatoms. The molecule has 1 rings (SSSR count). The fourth-order valence-electron chi connectivity index (χ4n) is 1.60. The van der Waals surface area contributed by atoms with Crippen LogP contribution in [0.25, 0.3) is 0 Å². The highest BCUT2D eigenvalue weighted by Crippen LogP contribution is 2.24. The molecule has 1 unspecified atom stereocenters. The van der Waals surface area contributed by atoms with Crippen molar-refractivity contribution in [2.24, 2.45) is 5.73 Å². The Morgan fingerprint density at radius 3 is 2.35 bits per heavy atom. The lowest BCUT2D eigenvalue weighted by atomic mass is 9.90. The first-order chi connectivity index (χ1) is 7.81. The maximum absolute atomic E-state index is 10.7. The molecule has 17 heavy (non-hydrogen) atoms. The summed E-state index contributed by atoms with van der Waals surface area (Å²) in [5, 5.41) is 8.78. The Morgan fingerprint density at radius 2 is 1.94 bits per heavy atom. The van der Waals surface area contributed by atoms with Gasteiger partial charge in [0.05, 0.1) is 12.5 Å². The predicted octanol–water partition coefficient (Wildman–Crippen LogP) is 2.12. The molecule has 0 bridgehead atoms. The van der Waals surface area contributed by atoms with Crippen molar-refractivity contribution in [2.75, 3.05) is 0 Å². The normalized spacial score (nSPS) is 14.4. The SMILES string of the molecule is CC(C)Oc1ccc(C(C)(N)CC(=O)O)cc1. The van der Waals surface area contributed by atoms with Gasteiger partial charge in [-0.15, -0.1) is 0 Å². The molecule has 0 radical (unpaired) electrons. The first-order valence-electron chi connectivity index (χ1n) is 5.59. The van der Waals surface area contributed by atoms with Crippen molar-refractivity contribution in [2.45, 2.75) is 38.8 Å². The van der Waals surface area contributed by atoms with Gasteiger partial charge in [-0.3, -0.25) is 4.79 Å². The van der Waals surface area contributed by atoms with Gasteiger partial charge < -0.3 is 15.6 Å². The van der Waals surface area contributed by atoms with Gasteiger partial charge in [-0.2, -0.15) is 0 Å². The molecule has 0 aromatic heterocycles. The van der Waals surface area contributed by atoms with E-state index in [0.717, 1.165) is 11.3 Å². The molecule has 0 amide bonds. The number of nitrogens with two attached hydrogens (primary N) is 1. The Kier molecular flexibility index (Phi) is 4.12. The molecule has 0 aliphatic carbocycles. The van der Waals surface area contributed by atoms with Crippen LogP contribution in [-0.2, 0) is 10.3 Å². The second kappa shape index (κ2) is 5.19. The van der Waals surface area contributed by atoms with E-state index in [0.29, 0.717) is 0 Å². The number of hydrogen-bond acceptors (Lipinski definition) is 3. The Labute approximate surface area is 101 Å². The van der Waals surface area contributed by atoms with Gasteiger partial charge in [0.15, 0.2) is 0 Å². The topological polar surface area (TPSA) is 72.5 Å². The van der Waals surface area contributed by atoms with E-state index in [2.05, 4.69) is 0 Å². The van der Waals surface area contributed by atoms with Crippen LogP contribution < -0.4 is 10.5 Å². The molecule has 4 nitrogen and oxygen atoms in total. The number of carbonyl (C=O) groups is 1. The Morgan fingerprint density at radius 1 is 1.41 bits per heavy atom. The van der Waals surface area contributed by atoms with Crippen molar-refractivity contribution < 1.29 is 14.6 Å². The minimum Gasteiger partial charge on any atom is -0.491 e. The summed E-state index contributed by atoms with van der Waals surface area (Å²) in [5.41, 5.74) is 5.90. The maximum atomic E-state index is 10.7. The van der Waals surface area contributed by atoms with Gasteiger partial charge in [0.1, 0.15) is 5.75 Å². The fraction of sp³-hybridized carbons (Fsp3) is 0.462. The molecule has 0 spiro atoms. The zero-order chi connectivity index (χ0) is 13.1. The average Bonchev–Trinajstić information content (AvgIpc) is 2.15. The molecule has 0 saturated carbocycles. The van der Waals surface area contributed by atoms with Crippen LogP contribution >= 0.6 is 0 Å². The van der Waals surface area contributed by atoms with Crippen LogP contribution in [0.5, 0.6) is 5.75 Å². The molecule has 1 atom stereocenters. The van der Waals surface area contributed by atoms with E-state index in [1.165, 1.54) is 0 Å². The number of rotatable bonds is 5. The van der Waals surface area contributed by atoms with E-state index < -0.39 is 11.5 Å². The highest BCUT2D eigenvalue weighted by atomic mass is 16.5. The molecule has 0 aliphatic heterocycles. The Bertz CT molecular complexity index is 382. The second-order valence-electron chi connectivity index (χ2n) is 4.68. The molecule has 0 heterocycles. The first-order valence-corrected chi connectivity index (χ1v) is 5.59. The number of benzene rings is 1. The third-order valence-corrected chi connectivity index (χ3v) is 2.40.